The van der Waals surface area contributed by atoms with Crippen molar-refractivity contribution in [1.82, 2.24) is 0 Å². The maximum absolute atomic E-state index is 4.33. The van der Waals surface area contributed by atoms with Gasteiger partial charge in [0.05, 0.1) is 0 Å². The lowest BCUT2D eigenvalue weighted by Crippen LogP contribution is -1.88. The van der Waals surface area contributed by atoms with Gasteiger partial charge in [0.15, 0.2) is 0 Å². The average Bonchev–Trinajstić information content (AvgIpc) is 2.08. The van der Waals surface area contributed by atoms with Gasteiger partial charge in [0.1, 0.15) is 0 Å². The third-order valence-electron chi connectivity index (χ3n) is 1.70. The molecule has 0 spiro atoms. The van der Waals surface area contributed by atoms with Crippen LogP contribution in [-0.2, 0) is 0 Å². The number of aliphatic imine (C=N–C) groups is 1. The number of allylic oxidation sites excluding steroid dienone is 3. The predicted molar refractivity (Wildman–Crippen MR) is 61.2 cm³/mol. The van der Waals surface area contributed by atoms with Crippen LogP contribution in [0.25, 0.3) is 0 Å². The first-order valence-electron chi connectivity index (χ1n) is 5.00. The van der Waals surface area contributed by atoms with E-state index in [0.717, 1.165) is 6.42 Å². The molecule has 13 heavy (non-hydrogen) atoms. The van der Waals surface area contributed by atoms with Crippen molar-refractivity contribution in [3.05, 3.63) is 23.9 Å². The number of rotatable bonds is 5. The van der Waals surface area contributed by atoms with Crippen LogP contribution < -0.4 is 0 Å². The smallest absolute Gasteiger partial charge is 0.0267 e. The molecular formula is C12H21N. The minimum atomic E-state index is 1.12. The summed E-state index contributed by atoms with van der Waals surface area (Å²) in [7, 11) is 0. The third-order valence-corrected chi connectivity index (χ3v) is 1.70. The van der Waals surface area contributed by atoms with Crippen molar-refractivity contribution in [2.75, 3.05) is 0 Å². The first-order valence-corrected chi connectivity index (χ1v) is 5.00. The van der Waals surface area contributed by atoms with Crippen LogP contribution in [0, 0.1) is 0 Å². The average molecular weight is 179 g/mol. The predicted octanol–water partition coefficient (Wildman–Crippen LogP) is 4.12. The fourth-order valence-electron chi connectivity index (χ4n) is 0.903. The van der Waals surface area contributed by atoms with E-state index >= 15 is 0 Å². The van der Waals surface area contributed by atoms with E-state index in [-0.39, 0.29) is 0 Å². The molecule has 0 aliphatic rings. The molecule has 0 N–H and O–H groups in total. The van der Waals surface area contributed by atoms with Crippen LogP contribution in [0.5, 0.6) is 0 Å². The molecule has 0 aliphatic heterocycles. The maximum Gasteiger partial charge on any atom is 0.0267 e. The molecule has 0 rings (SSSR count). The van der Waals surface area contributed by atoms with Gasteiger partial charge in [0.25, 0.3) is 0 Å². The van der Waals surface area contributed by atoms with Gasteiger partial charge in [0, 0.05) is 11.9 Å². The maximum atomic E-state index is 4.33. The molecule has 1 nitrogen and oxygen atoms in total. The van der Waals surface area contributed by atoms with E-state index in [9.17, 15) is 0 Å². The van der Waals surface area contributed by atoms with Gasteiger partial charge in [-0.2, -0.15) is 0 Å². The number of hydrogen-bond donors (Lipinski definition) is 0. The second kappa shape index (κ2) is 7.78. The lowest BCUT2D eigenvalue weighted by molar-refractivity contribution is 0.833. The largest absolute Gasteiger partial charge is 0.266 e. The van der Waals surface area contributed by atoms with Gasteiger partial charge in [0.2, 0.25) is 0 Å². The van der Waals surface area contributed by atoms with Crippen molar-refractivity contribution < 1.29 is 0 Å². The van der Waals surface area contributed by atoms with Crippen molar-refractivity contribution >= 4 is 5.71 Å². The Balaban J connectivity index is 3.82. The Kier molecular flexibility index (Phi) is 7.27. The zero-order valence-corrected chi connectivity index (χ0v) is 9.30. The second-order valence-corrected chi connectivity index (χ2v) is 3.55. The van der Waals surface area contributed by atoms with Crippen LogP contribution >= 0.6 is 0 Å². The van der Waals surface area contributed by atoms with Gasteiger partial charge in [-0.25, -0.2) is 0 Å². The minimum Gasteiger partial charge on any atom is -0.266 e. The second-order valence-electron chi connectivity index (χ2n) is 3.55. The van der Waals surface area contributed by atoms with E-state index in [1.807, 2.05) is 12.3 Å². The number of nitrogens with zero attached hydrogens (tertiary/aromatic N) is 1. The van der Waals surface area contributed by atoms with Gasteiger partial charge in [-0.1, -0.05) is 25.0 Å². The zero-order chi connectivity index (χ0) is 10.1. The van der Waals surface area contributed by atoms with Crippen LogP contribution in [-0.4, -0.2) is 5.71 Å². The lowest BCUT2D eigenvalue weighted by atomic mass is 10.2. The van der Waals surface area contributed by atoms with Crippen LogP contribution in [0.1, 0.15) is 47.0 Å². The molecule has 0 fully saturated rings. The summed E-state index contributed by atoms with van der Waals surface area (Å²) in [6.45, 7) is 8.45. The SMILES string of the molecule is CCCCC(C)=N/C=C\C=C(C)C. The van der Waals surface area contributed by atoms with Gasteiger partial charge in [-0.05, 0) is 39.7 Å². The van der Waals surface area contributed by atoms with Crippen LogP contribution in [0.15, 0.2) is 28.9 Å². The summed E-state index contributed by atoms with van der Waals surface area (Å²) < 4.78 is 0. The monoisotopic (exact) mass is 179 g/mol. The van der Waals surface area contributed by atoms with E-state index in [0.29, 0.717) is 0 Å². The van der Waals surface area contributed by atoms with E-state index in [2.05, 4.69) is 38.8 Å². The van der Waals surface area contributed by atoms with E-state index in [1.54, 1.807) is 0 Å². The van der Waals surface area contributed by atoms with Crippen molar-refractivity contribution in [2.24, 2.45) is 4.99 Å². The molecule has 0 aromatic rings. The topological polar surface area (TPSA) is 12.4 Å². The standard InChI is InChI=1S/C12H21N/c1-5-6-9-12(4)13-10-7-8-11(2)3/h7-8,10H,5-6,9H2,1-4H3/b10-7-,13-12?. The first-order chi connectivity index (χ1) is 6.16. The summed E-state index contributed by atoms with van der Waals surface area (Å²) >= 11 is 0. The zero-order valence-electron chi connectivity index (χ0n) is 9.30. The molecule has 0 unspecified atom stereocenters. The molecule has 0 atom stereocenters. The Morgan fingerprint density at radius 1 is 1.23 bits per heavy atom. The molecule has 0 aromatic carbocycles. The molecule has 0 heterocycles. The number of unbranched alkanes of at least 4 members (excludes halogenated alkanes) is 1. The summed E-state index contributed by atoms with van der Waals surface area (Å²) in [5, 5.41) is 0. The summed E-state index contributed by atoms with van der Waals surface area (Å²) in [6, 6.07) is 0. The van der Waals surface area contributed by atoms with Crippen LogP contribution in [0.4, 0.5) is 0 Å². The van der Waals surface area contributed by atoms with Gasteiger partial charge < -0.3 is 0 Å². The van der Waals surface area contributed by atoms with E-state index < -0.39 is 0 Å². The molecule has 1 heteroatoms. The Morgan fingerprint density at radius 3 is 2.46 bits per heavy atom. The minimum absolute atomic E-state index is 1.12. The van der Waals surface area contributed by atoms with Gasteiger partial charge >= 0.3 is 0 Å². The Bertz CT molecular complexity index is 205. The summed E-state index contributed by atoms with van der Waals surface area (Å²) in [5.41, 5.74) is 2.53. The fourth-order valence-corrected chi connectivity index (χ4v) is 0.903. The van der Waals surface area contributed by atoms with Crippen molar-refractivity contribution in [3.63, 3.8) is 0 Å². The lowest BCUT2D eigenvalue weighted by Gasteiger charge is -1.94. The molecular weight excluding hydrogens is 158 g/mol. The van der Waals surface area contributed by atoms with E-state index in [1.165, 1.54) is 24.1 Å². The van der Waals surface area contributed by atoms with E-state index in [4.69, 9.17) is 0 Å². The highest BCUT2D eigenvalue weighted by molar-refractivity contribution is 5.82. The van der Waals surface area contributed by atoms with Gasteiger partial charge in [-0.15, -0.1) is 0 Å². The molecule has 0 bridgehead atoms. The van der Waals surface area contributed by atoms with Crippen molar-refractivity contribution in [3.8, 4) is 0 Å². The molecule has 0 radical (unpaired) electrons. The normalized spacial score (nSPS) is 12.2. The van der Waals surface area contributed by atoms with Gasteiger partial charge in [-0.3, -0.25) is 4.99 Å². The molecule has 0 aliphatic carbocycles. The molecule has 0 saturated carbocycles. The molecule has 0 saturated heterocycles. The Labute approximate surface area is 82.3 Å². The highest BCUT2D eigenvalue weighted by Crippen LogP contribution is 1.97. The highest BCUT2D eigenvalue weighted by atomic mass is 14.7. The molecule has 0 aromatic heterocycles. The quantitative estimate of drug-likeness (QED) is 0.445. The van der Waals surface area contributed by atoms with Crippen LogP contribution in [0.3, 0.4) is 0 Å². The van der Waals surface area contributed by atoms with Crippen molar-refractivity contribution in [2.45, 2.75) is 47.0 Å². The summed E-state index contributed by atoms with van der Waals surface area (Å²) in [5.74, 6) is 0. The Hall–Kier alpha value is -0.850. The molecule has 0 amide bonds. The summed E-state index contributed by atoms with van der Waals surface area (Å²) in [6.07, 6.45) is 9.53. The first kappa shape index (κ1) is 12.2. The van der Waals surface area contributed by atoms with Crippen LogP contribution in [0.2, 0.25) is 0 Å². The fraction of sp³-hybridized carbons (Fsp3) is 0.583. The highest BCUT2D eigenvalue weighted by Gasteiger charge is 1.87. The van der Waals surface area contributed by atoms with Crippen molar-refractivity contribution in [1.29, 1.82) is 0 Å². The molecule has 74 valence electrons. The number of hydrogen-bond acceptors (Lipinski definition) is 1. The summed E-state index contributed by atoms with van der Waals surface area (Å²) in [4.78, 5) is 4.33. The third kappa shape index (κ3) is 9.06. The Morgan fingerprint density at radius 2 is 1.92 bits per heavy atom.